The maximum atomic E-state index is 12.1. The number of carbonyl (C=O) groups is 1. The molecule has 2 rings (SSSR count). The van der Waals surface area contributed by atoms with Gasteiger partial charge >= 0.3 is 0 Å². The van der Waals surface area contributed by atoms with Crippen LogP contribution in [0.15, 0.2) is 35.5 Å². The Balaban J connectivity index is 2.02. The van der Waals surface area contributed by atoms with E-state index in [0.717, 1.165) is 10.2 Å². The lowest BCUT2D eigenvalue weighted by atomic mass is 9.73. The molecule has 0 saturated heterocycles. The van der Waals surface area contributed by atoms with Crippen molar-refractivity contribution in [2.45, 2.75) is 19.9 Å². The summed E-state index contributed by atoms with van der Waals surface area (Å²) in [5.41, 5.74) is 7.13. The molecule has 0 saturated carbocycles. The first kappa shape index (κ1) is 14.8. The van der Waals surface area contributed by atoms with Crippen molar-refractivity contribution in [3.8, 4) is 0 Å². The topological polar surface area (TPSA) is 103 Å². The highest BCUT2D eigenvalue weighted by molar-refractivity contribution is 6.53. The molecule has 8 heteroatoms. The summed E-state index contributed by atoms with van der Waals surface area (Å²) in [4.78, 5) is 27.8. The van der Waals surface area contributed by atoms with Crippen LogP contribution in [-0.4, -0.2) is 28.0 Å². The van der Waals surface area contributed by atoms with E-state index in [4.69, 9.17) is 5.73 Å². The van der Waals surface area contributed by atoms with Crippen molar-refractivity contribution in [3.63, 3.8) is 0 Å². The number of pyridine rings is 1. The van der Waals surface area contributed by atoms with E-state index in [1.165, 1.54) is 6.20 Å². The van der Waals surface area contributed by atoms with Gasteiger partial charge in [0, 0.05) is 24.4 Å². The molecular formula is C13H16BN5O2. The van der Waals surface area contributed by atoms with Crippen LogP contribution in [0, 0.1) is 0 Å². The first-order valence-electron chi connectivity index (χ1n) is 6.62. The Hall–Kier alpha value is -2.64. The highest BCUT2D eigenvalue weighted by atomic mass is 16.2. The van der Waals surface area contributed by atoms with Crippen LogP contribution in [0.3, 0.4) is 0 Å². The van der Waals surface area contributed by atoms with Gasteiger partial charge in [0.05, 0.1) is 11.9 Å². The van der Waals surface area contributed by atoms with Gasteiger partial charge in [-0.15, -0.1) is 0 Å². The molecule has 0 spiro atoms. The van der Waals surface area contributed by atoms with Gasteiger partial charge in [-0.3, -0.25) is 14.6 Å². The van der Waals surface area contributed by atoms with Crippen LogP contribution >= 0.6 is 0 Å². The molecular weight excluding hydrogens is 269 g/mol. The van der Waals surface area contributed by atoms with Crippen LogP contribution in [0.25, 0.3) is 0 Å². The van der Waals surface area contributed by atoms with Gasteiger partial charge in [-0.1, -0.05) is 6.82 Å². The van der Waals surface area contributed by atoms with Crippen molar-refractivity contribution in [2.75, 3.05) is 5.73 Å². The minimum Gasteiger partial charge on any atom is -0.398 e. The zero-order valence-corrected chi connectivity index (χ0v) is 11.7. The van der Waals surface area contributed by atoms with E-state index in [2.05, 4.69) is 15.4 Å². The lowest BCUT2D eigenvalue weighted by Gasteiger charge is -2.09. The molecule has 0 aliphatic carbocycles. The molecule has 2 aromatic heterocycles. The fraction of sp³-hybridized carbons (Fsp3) is 0.231. The molecule has 0 unspecified atom stereocenters. The van der Waals surface area contributed by atoms with Crippen molar-refractivity contribution < 1.29 is 4.79 Å². The summed E-state index contributed by atoms with van der Waals surface area (Å²) in [7, 11) is 0.506. The van der Waals surface area contributed by atoms with E-state index in [-0.39, 0.29) is 18.0 Å². The summed E-state index contributed by atoms with van der Waals surface area (Å²) < 4.78 is 1.12. The van der Waals surface area contributed by atoms with Gasteiger partial charge in [0.2, 0.25) is 5.91 Å². The summed E-state index contributed by atoms with van der Waals surface area (Å²) in [6.07, 6.45) is 4.71. The van der Waals surface area contributed by atoms with Gasteiger partial charge in [-0.05, 0) is 17.7 Å². The van der Waals surface area contributed by atoms with Gasteiger partial charge in [0.1, 0.15) is 6.54 Å². The van der Waals surface area contributed by atoms with Gasteiger partial charge in [0.15, 0.2) is 7.28 Å². The van der Waals surface area contributed by atoms with E-state index in [0.29, 0.717) is 25.0 Å². The van der Waals surface area contributed by atoms with Crippen molar-refractivity contribution in [1.82, 2.24) is 20.1 Å². The third-order valence-corrected chi connectivity index (χ3v) is 3.06. The molecule has 0 atom stereocenters. The lowest BCUT2D eigenvalue weighted by Crippen LogP contribution is -2.43. The summed E-state index contributed by atoms with van der Waals surface area (Å²) in [6, 6.07) is 3.62. The Morgan fingerprint density at radius 3 is 2.81 bits per heavy atom. The predicted octanol–water partition coefficient (Wildman–Crippen LogP) is -1.35. The molecule has 0 aliphatic heterocycles. The normalized spacial score (nSPS) is 10.1. The molecule has 0 fully saturated rings. The number of rotatable bonds is 5. The van der Waals surface area contributed by atoms with Crippen LogP contribution in [0.4, 0.5) is 5.69 Å². The maximum Gasteiger partial charge on any atom is 0.263 e. The molecule has 1 amide bonds. The Morgan fingerprint density at radius 2 is 2.14 bits per heavy atom. The van der Waals surface area contributed by atoms with Crippen LogP contribution in [0.1, 0.15) is 5.56 Å². The molecule has 108 valence electrons. The number of nitrogens with two attached hydrogens (primary N) is 1. The Kier molecular flexibility index (Phi) is 4.70. The molecule has 21 heavy (non-hydrogen) atoms. The first-order chi connectivity index (χ1) is 10.1. The average molecular weight is 285 g/mol. The van der Waals surface area contributed by atoms with Gasteiger partial charge in [-0.25, -0.2) is 4.68 Å². The molecule has 3 N–H and O–H groups in total. The molecule has 2 heterocycles. The van der Waals surface area contributed by atoms with Crippen molar-refractivity contribution >= 4 is 24.3 Å². The Labute approximate surface area is 122 Å². The number of aromatic nitrogens is 3. The number of nitrogens with one attached hydrogen (secondary N) is 1. The second-order valence-corrected chi connectivity index (χ2v) is 4.53. The molecule has 0 aromatic carbocycles. The third kappa shape index (κ3) is 3.68. The minimum atomic E-state index is -0.323. The monoisotopic (exact) mass is 285 g/mol. The molecule has 0 bridgehead atoms. The highest BCUT2D eigenvalue weighted by Crippen LogP contribution is 1.95. The van der Waals surface area contributed by atoms with Crippen LogP contribution < -0.4 is 22.1 Å². The van der Waals surface area contributed by atoms with Crippen LogP contribution in [0.5, 0.6) is 0 Å². The Bertz CT molecular complexity index is 687. The van der Waals surface area contributed by atoms with Gasteiger partial charge in [0.25, 0.3) is 5.56 Å². The zero-order valence-electron chi connectivity index (χ0n) is 11.7. The fourth-order valence-electron chi connectivity index (χ4n) is 1.90. The quantitative estimate of drug-likeness (QED) is 0.661. The standard InChI is InChI=1S/C13H16BN5O2/c1-14-12-10(15)7-18-19(13(12)21)8-11(20)17-6-9-2-4-16-5-3-9/h2-5,7,14H,6,8,15H2,1H3,(H,17,20). The number of carbonyl (C=O) groups excluding carboxylic acids is 1. The summed E-state index contributed by atoms with van der Waals surface area (Å²) in [5, 5.41) is 6.62. The SMILES string of the molecule is CBc1c(N)cnn(CC(=O)NCc2ccncc2)c1=O. The van der Waals surface area contributed by atoms with Crippen molar-refractivity contribution in [1.29, 1.82) is 0 Å². The second kappa shape index (κ2) is 6.69. The largest absolute Gasteiger partial charge is 0.398 e. The number of nitrogens with zero attached hydrogens (tertiary/aromatic N) is 3. The van der Waals surface area contributed by atoms with E-state index in [9.17, 15) is 9.59 Å². The number of anilines is 1. The number of nitrogen functional groups attached to an aromatic ring is 1. The Morgan fingerprint density at radius 1 is 1.43 bits per heavy atom. The van der Waals surface area contributed by atoms with E-state index >= 15 is 0 Å². The van der Waals surface area contributed by atoms with Crippen molar-refractivity contribution in [3.05, 3.63) is 46.6 Å². The smallest absolute Gasteiger partial charge is 0.263 e. The lowest BCUT2D eigenvalue weighted by molar-refractivity contribution is -0.122. The first-order valence-corrected chi connectivity index (χ1v) is 6.62. The van der Waals surface area contributed by atoms with E-state index < -0.39 is 0 Å². The van der Waals surface area contributed by atoms with Crippen LogP contribution in [0.2, 0.25) is 6.82 Å². The maximum absolute atomic E-state index is 12.1. The summed E-state index contributed by atoms with van der Waals surface area (Å²) >= 11 is 0. The highest BCUT2D eigenvalue weighted by Gasteiger charge is 2.10. The van der Waals surface area contributed by atoms with Gasteiger partial charge in [-0.2, -0.15) is 5.10 Å². The van der Waals surface area contributed by atoms with E-state index in [1.54, 1.807) is 12.4 Å². The van der Waals surface area contributed by atoms with E-state index in [1.807, 2.05) is 19.0 Å². The molecule has 0 aliphatic rings. The predicted molar refractivity (Wildman–Crippen MR) is 81.6 cm³/mol. The number of hydrogen-bond acceptors (Lipinski definition) is 5. The summed E-state index contributed by atoms with van der Waals surface area (Å²) in [5.74, 6) is -0.284. The summed E-state index contributed by atoms with van der Waals surface area (Å²) in [6.45, 7) is 2.09. The molecule has 7 nitrogen and oxygen atoms in total. The average Bonchev–Trinajstić information content (AvgIpc) is 2.50. The number of hydrogen-bond donors (Lipinski definition) is 2. The minimum absolute atomic E-state index is 0.128. The van der Waals surface area contributed by atoms with Crippen molar-refractivity contribution in [2.24, 2.45) is 0 Å². The second-order valence-electron chi connectivity index (χ2n) is 4.53. The fourth-order valence-corrected chi connectivity index (χ4v) is 1.90. The third-order valence-electron chi connectivity index (χ3n) is 3.06. The van der Waals surface area contributed by atoms with Gasteiger partial charge < -0.3 is 11.1 Å². The number of amides is 1. The van der Waals surface area contributed by atoms with Crippen LogP contribution in [-0.2, 0) is 17.9 Å². The zero-order chi connectivity index (χ0) is 15.2. The molecule has 2 aromatic rings. The molecule has 0 radical (unpaired) electrons.